The summed E-state index contributed by atoms with van der Waals surface area (Å²) in [5, 5.41) is 24.5. The molecule has 0 saturated heterocycles. The van der Waals surface area contributed by atoms with Crippen molar-refractivity contribution in [2.75, 3.05) is 0 Å². The van der Waals surface area contributed by atoms with E-state index in [4.69, 9.17) is 21.7 Å². The predicted molar refractivity (Wildman–Crippen MR) is 110 cm³/mol. The Labute approximate surface area is 187 Å². The third-order valence-corrected chi connectivity index (χ3v) is 4.39. The highest BCUT2D eigenvalue weighted by Gasteiger charge is 2.30. The van der Waals surface area contributed by atoms with Crippen molar-refractivity contribution >= 4 is 35.6 Å². The zero-order valence-electron chi connectivity index (χ0n) is 17.7. The minimum absolute atomic E-state index is 0.129. The van der Waals surface area contributed by atoms with Crippen molar-refractivity contribution in [3.05, 3.63) is 18.2 Å². The fourth-order valence-electron chi connectivity index (χ4n) is 2.61. The number of aromatic amines is 1. The van der Waals surface area contributed by atoms with Gasteiger partial charge in [-0.2, -0.15) is 0 Å². The summed E-state index contributed by atoms with van der Waals surface area (Å²) >= 11 is 0. The van der Waals surface area contributed by atoms with Crippen LogP contribution < -0.4 is 27.4 Å². The SMILES string of the molecule is CC(NC(=O)C(N)Cc1cnc[nH]1)C(=O)NC(CCC(N)=O)C(=O)NC(CC(=O)O)C(=O)O. The number of hydrogen-bond donors (Lipinski definition) is 8. The van der Waals surface area contributed by atoms with Crippen LogP contribution in [0.15, 0.2) is 12.5 Å². The second-order valence-electron chi connectivity index (χ2n) is 7.18. The quantitative estimate of drug-likeness (QED) is 0.134. The van der Waals surface area contributed by atoms with Gasteiger partial charge in [0.05, 0.1) is 18.8 Å². The summed E-state index contributed by atoms with van der Waals surface area (Å²) in [6.45, 7) is 1.32. The van der Waals surface area contributed by atoms with Crippen LogP contribution in [0.2, 0.25) is 0 Å². The van der Waals surface area contributed by atoms with Crippen molar-refractivity contribution in [1.29, 1.82) is 0 Å². The summed E-state index contributed by atoms with van der Waals surface area (Å²) in [6.07, 6.45) is 1.51. The Morgan fingerprint density at radius 3 is 2.18 bits per heavy atom. The van der Waals surface area contributed by atoms with E-state index in [9.17, 15) is 28.8 Å². The first-order chi connectivity index (χ1) is 15.4. The van der Waals surface area contributed by atoms with Crippen LogP contribution in [0.5, 0.6) is 0 Å². The summed E-state index contributed by atoms with van der Waals surface area (Å²) in [7, 11) is 0. The number of H-pyrrole nitrogens is 1. The molecule has 15 heteroatoms. The van der Waals surface area contributed by atoms with Gasteiger partial charge in [0.1, 0.15) is 18.1 Å². The molecule has 4 unspecified atom stereocenters. The molecule has 0 spiro atoms. The van der Waals surface area contributed by atoms with Crippen molar-refractivity contribution in [3.63, 3.8) is 0 Å². The monoisotopic (exact) mass is 469 g/mol. The van der Waals surface area contributed by atoms with E-state index in [0.717, 1.165) is 0 Å². The van der Waals surface area contributed by atoms with Crippen LogP contribution in [0.4, 0.5) is 0 Å². The van der Waals surface area contributed by atoms with Gasteiger partial charge in [-0.25, -0.2) is 9.78 Å². The lowest BCUT2D eigenvalue weighted by molar-refractivity contribution is -0.147. The van der Waals surface area contributed by atoms with Crippen LogP contribution >= 0.6 is 0 Å². The highest BCUT2D eigenvalue weighted by Crippen LogP contribution is 2.02. The van der Waals surface area contributed by atoms with E-state index in [1.807, 2.05) is 5.32 Å². The lowest BCUT2D eigenvalue weighted by atomic mass is 10.1. The molecule has 1 heterocycles. The van der Waals surface area contributed by atoms with Crippen LogP contribution in [0.25, 0.3) is 0 Å². The Bertz CT molecular complexity index is 873. The van der Waals surface area contributed by atoms with E-state index >= 15 is 0 Å². The smallest absolute Gasteiger partial charge is 0.326 e. The van der Waals surface area contributed by atoms with Crippen LogP contribution in [-0.2, 0) is 35.2 Å². The lowest BCUT2D eigenvalue weighted by Gasteiger charge is -2.23. The van der Waals surface area contributed by atoms with E-state index in [1.54, 1.807) is 0 Å². The molecule has 182 valence electrons. The van der Waals surface area contributed by atoms with Crippen molar-refractivity contribution in [3.8, 4) is 0 Å². The molecule has 0 bridgehead atoms. The summed E-state index contributed by atoms with van der Waals surface area (Å²) in [4.78, 5) is 76.9. The van der Waals surface area contributed by atoms with Gasteiger partial charge in [-0.3, -0.25) is 24.0 Å². The van der Waals surface area contributed by atoms with Gasteiger partial charge in [0, 0.05) is 24.7 Å². The molecule has 0 aromatic carbocycles. The molecule has 4 atom stereocenters. The molecule has 4 amide bonds. The van der Waals surface area contributed by atoms with Gasteiger partial charge >= 0.3 is 11.9 Å². The van der Waals surface area contributed by atoms with Crippen molar-refractivity contribution in [2.24, 2.45) is 11.5 Å². The number of nitrogens with two attached hydrogens (primary N) is 2. The van der Waals surface area contributed by atoms with Crippen LogP contribution in [0.1, 0.15) is 31.9 Å². The summed E-state index contributed by atoms with van der Waals surface area (Å²) in [6, 6.07) is -5.33. The number of aliphatic carboxylic acids is 2. The van der Waals surface area contributed by atoms with Crippen molar-refractivity contribution < 1.29 is 39.0 Å². The Morgan fingerprint density at radius 2 is 1.67 bits per heavy atom. The Morgan fingerprint density at radius 1 is 1.03 bits per heavy atom. The van der Waals surface area contributed by atoms with E-state index in [0.29, 0.717) is 5.69 Å². The minimum atomic E-state index is -1.76. The molecular weight excluding hydrogens is 442 g/mol. The fourth-order valence-corrected chi connectivity index (χ4v) is 2.61. The minimum Gasteiger partial charge on any atom is -0.481 e. The van der Waals surface area contributed by atoms with Gasteiger partial charge < -0.3 is 42.6 Å². The second-order valence-corrected chi connectivity index (χ2v) is 7.18. The number of carbonyl (C=O) groups excluding carboxylic acids is 4. The zero-order chi connectivity index (χ0) is 25.1. The first-order valence-electron chi connectivity index (χ1n) is 9.77. The second kappa shape index (κ2) is 12.7. The van der Waals surface area contributed by atoms with Gasteiger partial charge in [0.2, 0.25) is 23.6 Å². The average Bonchev–Trinajstić information content (AvgIpc) is 3.22. The van der Waals surface area contributed by atoms with Crippen LogP contribution in [0, 0.1) is 0 Å². The highest BCUT2D eigenvalue weighted by molar-refractivity contribution is 5.94. The maximum atomic E-state index is 12.5. The van der Waals surface area contributed by atoms with Gasteiger partial charge in [-0.05, 0) is 13.3 Å². The summed E-state index contributed by atoms with van der Waals surface area (Å²) < 4.78 is 0. The number of amides is 4. The number of imidazole rings is 1. The molecule has 15 nitrogen and oxygen atoms in total. The normalized spacial score (nSPS) is 14.2. The Kier molecular flexibility index (Phi) is 10.4. The zero-order valence-corrected chi connectivity index (χ0v) is 17.7. The Hall–Kier alpha value is -4.01. The van der Waals surface area contributed by atoms with E-state index in [2.05, 4.69) is 20.6 Å². The molecule has 0 aliphatic rings. The number of carboxylic acids is 2. The average molecular weight is 469 g/mol. The molecular formula is C18H27N7O8. The number of primary amides is 1. The molecule has 0 radical (unpaired) electrons. The number of carbonyl (C=O) groups is 6. The third kappa shape index (κ3) is 9.77. The van der Waals surface area contributed by atoms with Gasteiger partial charge in [-0.1, -0.05) is 0 Å². The number of rotatable bonds is 14. The molecule has 0 fully saturated rings. The molecule has 10 N–H and O–H groups in total. The molecule has 1 aromatic heterocycles. The third-order valence-electron chi connectivity index (χ3n) is 4.39. The largest absolute Gasteiger partial charge is 0.481 e. The Balaban J connectivity index is 2.78. The molecule has 0 saturated carbocycles. The first-order valence-corrected chi connectivity index (χ1v) is 9.77. The maximum absolute atomic E-state index is 12.5. The fraction of sp³-hybridized carbons (Fsp3) is 0.500. The van der Waals surface area contributed by atoms with E-state index < -0.39 is 66.2 Å². The number of hydrogen-bond acceptors (Lipinski definition) is 8. The van der Waals surface area contributed by atoms with Gasteiger partial charge in [-0.15, -0.1) is 0 Å². The first kappa shape index (κ1) is 27.0. The molecule has 33 heavy (non-hydrogen) atoms. The van der Waals surface area contributed by atoms with Crippen LogP contribution in [0.3, 0.4) is 0 Å². The van der Waals surface area contributed by atoms with Crippen molar-refractivity contribution in [2.45, 2.75) is 56.8 Å². The number of aromatic nitrogens is 2. The number of nitrogens with one attached hydrogen (secondary N) is 4. The van der Waals surface area contributed by atoms with E-state index in [-0.39, 0.29) is 19.3 Å². The van der Waals surface area contributed by atoms with Gasteiger partial charge in [0.15, 0.2) is 0 Å². The standard InChI is InChI=1S/C18H27N7O8/c1-8(23-16(30)10(19)4-9-6-21-7-22-9)15(29)24-11(2-3-13(20)26)17(31)25-12(18(32)33)5-14(27)28/h6-8,10-12H,2-5,19H2,1H3,(H2,20,26)(H,21,22)(H,23,30)(H,24,29)(H,25,31)(H,27,28)(H,32,33). The molecule has 1 aromatic rings. The van der Waals surface area contributed by atoms with Gasteiger partial charge in [0.25, 0.3) is 0 Å². The number of nitrogens with zero attached hydrogens (tertiary/aromatic N) is 1. The predicted octanol–water partition coefficient (Wildman–Crippen LogP) is -3.42. The molecule has 1 rings (SSSR count). The molecule has 0 aliphatic carbocycles. The number of carboxylic acid groups (broad SMARTS) is 2. The molecule has 0 aliphatic heterocycles. The topological polar surface area (TPSA) is 260 Å². The van der Waals surface area contributed by atoms with Crippen LogP contribution in [-0.4, -0.2) is 79.9 Å². The summed E-state index contributed by atoms with van der Waals surface area (Å²) in [5.74, 6) is -6.37. The lowest BCUT2D eigenvalue weighted by Crippen LogP contribution is -2.56. The highest BCUT2D eigenvalue weighted by atomic mass is 16.4. The van der Waals surface area contributed by atoms with E-state index in [1.165, 1.54) is 19.4 Å². The summed E-state index contributed by atoms with van der Waals surface area (Å²) in [5.41, 5.74) is 11.5. The maximum Gasteiger partial charge on any atom is 0.326 e. The van der Waals surface area contributed by atoms with Crippen molar-refractivity contribution in [1.82, 2.24) is 25.9 Å².